The lowest BCUT2D eigenvalue weighted by molar-refractivity contribution is -0.147. The molecule has 0 bridgehead atoms. The Morgan fingerprint density at radius 3 is 2.56 bits per heavy atom. The molecule has 0 fully saturated rings. The molecule has 0 saturated carbocycles. The monoisotopic (exact) mass is 559 g/mol. The van der Waals surface area contributed by atoms with Crippen LogP contribution < -0.4 is 5.32 Å². The highest BCUT2D eigenvalue weighted by Gasteiger charge is 2.38. The summed E-state index contributed by atoms with van der Waals surface area (Å²) in [6.45, 7) is 4.43. The Morgan fingerprint density at radius 1 is 1.13 bits per heavy atom. The molecular formula is C27H28F3N5O3S. The molecule has 2 aromatic heterocycles. The second-order valence-corrected chi connectivity index (χ2v) is 12.0. The molecule has 206 valence electrons. The zero-order valence-electron chi connectivity index (χ0n) is 21.5. The molecule has 0 aliphatic carbocycles. The van der Waals surface area contributed by atoms with E-state index in [0.29, 0.717) is 11.1 Å². The van der Waals surface area contributed by atoms with Gasteiger partial charge in [-0.2, -0.15) is 13.2 Å². The lowest BCUT2D eigenvalue weighted by Gasteiger charge is -2.25. The van der Waals surface area contributed by atoms with Crippen LogP contribution in [0.1, 0.15) is 58.9 Å². The van der Waals surface area contributed by atoms with Gasteiger partial charge in [0.25, 0.3) is 5.91 Å². The Bertz CT molecular complexity index is 1640. The number of sulfone groups is 1. The Labute approximate surface area is 223 Å². The molecule has 1 aliphatic rings. The van der Waals surface area contributed by atoms with Crippen molar-refractivity contribution in [3.8, 4) is 0 Å². The highest BCUT2D eigenvalue weighted by Crippen LogP contribution is 2.35. The van der Waals surface area contributed by atoms with Crippen molar-refractivity contribution in [1.82, 2.24) is 24.4 Å². The van der Waals surface area contributed by atoms with Gasteiger partial charge in [0, 0.05) is 37.3 Å². The molecule has 12 heteroatoms. The lowest BCUT2D eigenvalue weighted by Crippen LogP contribution is -2.23. The van der Waals surface area contributed by atoms with Crippen molar-refractivity contribution < 1.29 is 26.4 Å². The third kappa shape index (κ3) is 5.42. The van der Waals surface area contributed by atoms with E-state index >= 15 is 0 Å². The fourth-order valence-corrected chi connectivity index (χ4v) is 5.92. The van der Waals surface area contributed by atoms with Gasteiger partial charge in [0.1, 0.15) is 5.82 Å². The third-order valence-electron chi connectivity index (χ3n) is 7.03. The van der Waals surface area contributed by atoms with E-state index in [1.165, 1.54) is 34.9 Å². The van der Waals surface area contributed by atoms with Crippen LogP contribution in [-0.2, 0) is 35.6 Å². The molecule has 0 radical (unpaired) electrons. The van der Waals surface area contributed by atoms with Crippen LogP contribution in [0, 0.1) is 6.92 Å². The summed E-state index contributed by atoms with van der Waals surface area (Å²) >= 11 is 0. The number of aryl methyl sites for hydroxylation is 2. The maximum absolute atomic E-state index is 14.0. The number of carbonyl (C=O) groups excluding carboxylic acids is 1. The Balaban J connectivity index is 1.38. The third-order valence-corrected chi connectivity index (χ3v) is 8.78. The maximum Gasteiger partial charge on any atom is 0.449 e. The first-order valence-electron chi connectivity index (χ1n) is 12.7. The van der Waals surface area contributed by atoms with Crippen molar-refractivity contribution in [3.05, 3.63) is 77.1 Å². The molecule has 1 N–H and O–H groups in total. The van der Waals surface area contributed by atoms with Crippen molar-refractivity contribution in [1.29, 1.82) is 0 Å². The van der Waals surface area contributed by atoms with Crippen LogP contribution in [0.5, 0.6) is 0 Å². The van der Waals surface area contributed by atoms with Gasteiger partial charge in [0.15, 0.2) is 9.84 Å². The van der Waals surface area contributed by atoms with E-state index in [1.54, 1.807) is 19.1 Å². The predicted octanol–water partition coefficient (Wildman–Crippen LogP) is 4.86. The Morgan fingerprint density at radius 2 is 1.87 bits per heavy atom. The molecule has 3 heterocycles. The molecule has 0 saturated heterocycles. The number of hydrogen-bond donors (Lipinski definition) is 1. The van der Waals surface area contributed by atoms with Crippen molar-refractivity contribution in [2.45, 2.75) is 63.3 Å². The molecular weight excluding hydrogens is 531 g/mol. The van der Waals surface area contributed by atoms with Gasteiger partial charge in [-0.05, 0) is 55.7 Å². The van der Waals surface area contributed by atoms with Crippen LogP contribution >= 0.6 is 0 Å². The number of carbonyl (C=O) groups is 1. The minimum Gasteiger partial charge on any atom is -0.348 e. The van der Waals surface area contributed by atoms with Crippen LogP contribution in [0.3, 0.4) is 0 Å². The fraction of sp³-hybridized carbons (Fsp3) is 0.370. The molecule has 4 aromatic rings. The van der Waals surface area contributed by atoms with Gasteiger partial charge in [0.05, 0.1) is 27.4 Å². The molecule has 8 nitrogen and oxygen atoms in total. The summed E-state index contributed by atoms with van der Waals surface area (Å²) < 4.78 is 69.2. The number of benzene rings is 2. The van der Waals surface area contributed by atoms with Gasteiger partial charge >= 0.3 is 6.18 Å². The number of nitrogens with zero attached hydrogens (tertiary/aromatic N) is 4. The normalized spacial score (nSPS) is 15.9. The molecule has 1 aliphatic heterocycles. The molecule has 39 heavy (non-hydrogen) atoms. The molecule has 1 atom stereocenters. The summed E-state index contributed by atoms with van der Waals surface area (Å²) in [7, 11) is -3.33. The van der Waals surface area contributed by atoms with Gasteiger partial charge in [-0.15, -0.1) is 0 Å². The average Bonchev–Trinajstić information content (AvgIpc) is 3.47. The number of nitrogens with one attached hydrogen (secondary N) is 1. The van der Waals surface area contributed by atoms with Crippen molar-refractivity contribution >= 4 is 26.8 Å². The van der Waals surface area contributed by atoms with E-state index < -0.39 is 27.7 Å². The van der Waals surface area contributed by atoms with Gasteiger partial charge in [0.2, 0.25) is 5.82 Å². The second-order valence-electron chi connectivity index (χ2n) is 9.75. The number of imidazole rings is 2. The van der Waals surface area contributed by atoms with E-state index in [2.05, 4.69) is 15.3 Å². The lowest BCUT2D eigenvalue weighted by atomic mass is 9.98. The smallest absolute Gasteiger partial charge is 0.348 e. The van der Waals surface area contributed by atoms with Crippen molar-refractivity contribution in [2.24, 2.45) is 0 Å². The summed E-state index contributed by atoms with van der Waals surface area (Å²) in [5, 5.41) is 2.73. The zero-order chi connectivity index (χ0) is 27.9. The van der Waals surface area contributed by atoms with Crippen LogP contribution in [0.15, 0.2) is 53.6 Å². The highest BCUT2D eigenvalue weighted by atomic mass is 32.2. The average molecular weight is 560 g/mol. The molecule has 2 aromatic carbocycles. The second kappa shape index (κ2) is 10.1. The van der Waals surface area contributed by atoms with E-state index in [-0.39, 0.29) is 40.7 Å². The SMILES string of the molecule is CCS(=O)(=O)c1ccc(CNC(=O)c2ccc3c(c2)nc(C(F)(F)F)n3CC2CCCn3cc(C)nc32)cc1. The van der Waals surface area contributed by atoms with Crippen LogP contribution in [0.4, 0.5) is 13.2 Å². The first-order valence-corrected chi connectivity index (χ1v) is 14.3. The number of aromatic nitrogens is 4. The van der Waals surface area contributed by atoms with Crippen molar-refractivity contribution in [3.63, 3.8) is 0 Å². The number of fused-ring (bicyclic) bond motifs is 2. The molecule has 5 rings (SSSR count). The largest absolute Gasteiger partial charge is 0.449 e. The molecule has 1 amide bonds. The van der Waals surface area contributed by atoms with Crippen LogP contribution in [0.2, 0.25) is 0 Å². The fourth-order valence-electron chi connectivity index (χ4n) is 5.04. The molecule has 1 unspecified atom stereocenters. The Kier molecular flexibility index (Phi) is 7.00. The number of amides is 1. The van der Waals surface area contributed by atoms with Crippen LogP contribution in [-0.4, -0.2) is 39.2 Å². The van der Waals surface area contributed by atoms with E-state index in [9.17, 15) is 26.4 Å². The molecule has 0 spiro atoms. The summed E-state index contributed by atoms with van der Waals surface area (Å²) in [6.07, 6.45) is -1.18. The van der Waals surface area contributed by atoms with Gasteiger partial charge < -0.3 is 14.5 Å². The number of rotatable bonds is 7. The van der Waals surface area contributed by atoms with Crippen LogP contribution in [0.25, 0.3) is 11.0 Å². The summed E-state index contributed by atoms with van der Waals surface area (Å²) in [5.41, 5.74) is 2.08. The number of halogens is 3. The number of alkyl halides is 3. The van der Waals surface area contributed by atoms with Gasteiger partial charge in [-0.25, -0.2) is 18.4 Å². The number of hydrogen-bond acceptors (Lipinski definition) is 5. The minimum atomic E-state index is -4.67. The van der Waals surface area contributed by atoms with E-state index in [4.69, 9.17) is 0 Å². The summed E-state index contributed by atoms with van der Waals surface area (Å²) in [4.78, 5) is 21.4. The quantitative estimate of drug-likeness (QED) is 0.349. The van der Waals surface area contributed by atoms with E-state index in [0.717, 1.165) is 30.9 Å². The zero-order valence-corrected chi connectivity index (χ0v) is 22.3. The maximum atomic E-state index is 14.0. The standard InChI is InChI=1S/C27H28F3N5O3S/c1-3-39(37,38)21-9-6-18(7-10-21)14-31-25(36)19-8-11-23-22(13-19)33-26(27(28,29)30)35(23)16-20-5-4-12-34-15-17(2)32-24(20)34/h6-11,13,15,20H,3-5,12,14,16H2,1-2H3,(H,31,36). The summed E-state index contributed by atoms with van der Waals surface area (Å²) in [6, 6.07) is 10.5. The summed E-state index contributed by atoms with van der Waals surface area (Å²) in [5.74, 6) is -0.896. The van der Waals surface area contributed by atoms with Gasteiger partial charge in [-0.3, -0.25) is 4.79 Å². The highest BCUT2D eigenvalue weighted by molar-refractivity contribution is 7.91. The topological polar surface area (TPSA) is 98.9 Å². The van der Waals surface area contributed by atoms with Crippen molar-refractivity contribution in [2.75, 3.05) is 5.75 Å². The predicted molar refractivity (Wildman–Crippen MR) is 139 cm³/mol. The first kappa shape index (κ1) is 26.9. The van der Waals surface area contributed by atoms with E-state index in [1.807, 2.05) is 17.7 Å². The first-order chi connectivity index (χ1) is 18.5. The minimum absolute atomic E-state index is 0.0118. The Hall–Kier alpha value is -3.67. The van der Waals surface area contributed by atoms with Gasteiger partial charge in [-0.1, -0.05) is 19.1 Å².